The third-order valence-corrected chi connectivity index (χ3v) is 2.77. The molecule has 0 amide bonds. The Labute approximate surface area is 108 Å². The summed E-state index contributed by atoms with van der Waals surface area (Å²) in [5, 5.41) is 9.85. The molecule has 0 aliphatic carbocycles. The molecular weight excluding hydrogens is 232 g/mol. The molecule has 0 aliphatic rings. The van der Waals surface area contributed by atoms with Gasteiger partial charge in [-0.25, -0.2) is 0 Å². The summed E-state index contributed by atoms with van der Waals surface area (Å²) in [5.41, 5.74) is 1.62. The molecule has 0 saturated heterocycles. The first-order valence-electron chi connectivity index (χ1n) is 5.71. The number of allylic oxidation sites excluding steroid dienone is 1. The van der Waals surface area contributed by atoms with Gasteiger partial charge in [0, 0.05) is 5.56 Å². The second-order valence-electron chi connectivity index (χ2n) is 3.88. The summed E-state index contributed by atoms with van der Waals surface area (Å²) < 4.78 is 16.0. The molecule has 0 radical (unpaired) electrons. The summed E-state index contributed by atoms with van der Waals surface area (Å²) in [5.74, 6) is 1.65. The van der Waals surface area contributed by atoms with Crippen LogP contribution in [0, 0.1) is 0 Å². The highest BCUT2D eigenvalue weighted by atomic mass is 16.5. The van der Waals surface area contributed by atoms with E-state index >= 15 is 0 Å². The fraction of sp³-hybridized carbons (Fsp3) is 0.429. The summed E-state index contributed by atoms with van der Waals surface area (Å²) in [6.07, 6.45) is 1.73. The van der Waals surface area contributed by atoms with Crippen molar-refractivity contribution in [1.82, 2.24) is 0 Å². The molecule has 100 valence electrons. The lowest BCUT2D eigenvalue weighted by Gasteiger charge is -2.20. The van der Waals surface area contributed by atoms with E-state index in [1.165, 1.54) is 0 Å². The molecule has 18 heavy (non-hydrogen) atoms. The number of methoxy groups -OCH3 is 3. The Kier molecular flexibility index (Phi) is 5.04. The van der Waals surface area contributed by atoms with Gasteiger partial charge >= 0.3 is 0 Å². The van der Waals surface area contributed by atoms with Gasteiger partial charge in [-0.05, 0) is 25.0 Å². The van der Waals surface area contributed by atoms with E-state index in [-0.39, 0.29) is 0 Å². The van der Waals surface area contributed by atoms with Crippen LogP contribution in [0.15, 0.2) is 18.7 Å². The smallest absolute Gasteiger partial charge is 0.203 e. The van der Waals surface area contributed by atoms with Crippen LogP contribution >= 0.6 is 0 Å². The van der Waals surface area contributed by atoms with Crippen molar-refractivity contribution in [2.45, 2.75) is 19.4 Å². The van der Waals surface area contributed by atoms with Crippen LogP contribution in [0.1, 0.15) is 24.2 Å². The first-order valence-corrected chi connectivity index (χ1v) is 5.71. The number of hydrogen-bond donors (Lipinski definition) is 1. The second-order valence-corrected chi connectivity index (χ2v) is 3.88. The Morgan fingerprint density at radius 3 is 2.22 bits per heavy atom. The monoisotopic (exact) mass is 252 g/mol. The average Bonchev–Trinajstić information content (AvgIpc) is 2.37. The highest BCUT2D eigenvalue weighted by Crippen LogP contribution is 2.43. The largest absolute Gasteiger partial charge is 0.493 e. The maximum Gasteiger partial charge on any atom is 0.203 e. The predicted molar refractivity (Wildman–Crippen MR) is 70.6 cm³/mol. The summed E-state index contributed by atoms with van der Waals surface area (Å²) in [4.78, 5) is 0. The van der Waals surface area contributed by atoms with Crippen LogP contribution in [-0.4, -0.2) is 26.4 Å². The fourth-order valence-electron chi connectivity index (χ4n) is 1.96. The van der Waals surface area contributed by atoms with Gasteiger partial charge in [0.15, 0.2) is 11.5 Å². The first kappa shape index (κ1) is 14.4. The molecule has 1 atom stereocenters. The van der Waals surface area contributed by atoms with Crippen molar-refractivity contribution in [3.63, 3.8) is 0 Å². The van der Waals surface area contributed by atoms with E-state index in [1.54, 1.807) is 40.4 Å². The zero-order chi connectivity index (χ0) is 13.7. The highest BCUT2D eigenvalue weighted by molar-refractivity contribution is 5.60. The first-order chi connectivity index (χ1) is 8.60. The highest BCUT2D eigenvalue weighted by Gasteiger charge is 2.21. The van der Waals surface area contributed by atoms with Crippen molar-refractivity contribution < 1.29 is 19.3 Å². The molecule has 1 aromatic carbocycles. The number of ether oxygens (including phenoxy) is 3. The van der Waals surface area contributed by atoms with Gasteiger partial charge in [-0.15, -0.1) is 6.58 Å². The van der Waals surface area contributed by atoms with Crippen LogP contribution in [0.25, 0.3) is 0 Å². The van der Waals surface area contributed by atoms with Crippen molar-refractivity contribution in [3.8, 4) is 17.2 Å². The van der Waals surface area contributed by atoms with Gasteiger partial charge in [0.25, 0.3) is 0 Å². The van der Waals surface area contributed by atoms with Crippen molar-refractivity contribution in [2.24, 2.45) is 0 Å². The number of aliphatic hydroxyl groups is 1. The van der Waals surface area contributed by atoms with Gasteiger partial charge < -0.3 is 19.3 Å². The minimum absolute atomic E-state index is 0.529. The van der Waals surface area contributed by atoms with Gasteiger partial charge in [0.1, 0.15) is 0 Å². The topological polar surface area (TPSA) is 47.9 Å². The van der Waals surface area contributed by atoms with Crippen LogP contribution in [0.3, 0.4) is 0 Å². The lowest BCUT2D eigenvalue weighted by Crippen LogP contribution is -2.05. The van der Waals surface area contributed by atoms with Gasteiger partial charge in [-0.3, -0.25) is 0 Å². The van der Waals surface area contributed by atoms with Crippen LogP contribution in [0.5, 0.6) is 17.2 Å². The van der Waals surface area contributed by atoms with E-state index in [9.17, 15) is 5.11 Å². The molecular formula is C14H20O4. The van der Waals surface area contributed by atoms with Crippen molar-refractivity contribution >= 4 is 0 Å². The van der Waals surface area contributed by atoms with Gasteiger partial charge in [-0.1, -0.05) is 6.08 Å². The van der Waals surface area contributed by atoms with E-state index in [4.69, 9.17) is 14.2 Å². The van der Waals surface area contributed by atoms with E-state index in [0.29, 0.717) is 23.7 Å². The Bertz CT molecular complexity index is 424. The molecule has 1 rings (SSSR count). The SMILES string of the molecule is C=CCc1c(C(C)O)cc(OC)c(OC)c1OC. The van der Waals surface area contributed by atoms with Crippen molar-refractivity contribution in [1.29, 1.82) is 0 Å². The Hall–Kier alpha value is -1.68. The van der Waals surface area contributed by atoms with E-state index in [2.05, 4.69) is 6.58 Å². The lowest BCUT2D eigenvalue weighted by atomic mass is 9.98. The van der Waals surface area contributed by atoms with Crippen LogP contribution in [-0.2, 0) is 6.42 Å². The summed E-state index contributed by atoms with van der Waals surface area (Å²) in [6, 6.07) is 1.77. The summed E-state index contributed by atoms with van der Waals surface area (Å²) in [7, 11) is 4.67. The zero-order valence-corrected chi connectivity index (χ0v) is 11.3. The summed E-state index contributed by atoms with van der Waals surface area (Å²) in [6.45, 7) is 5.42. The van der Waals surface area contributed by atoms with E-state index < -0.39 is 6.10 Å². The van der Waals surface area contributed by atoms with Crippen LogP contribution < -0.4 is 14.2 Å². The normalized spacial score (nSPS) is 11.8. The molecule has 1 aromatic rings. The number of hydrogen-bond acceptors (Lipinski definition) is 4. The van der Waals surface area contributed by atoms with E-state index in [0.717, 1.165) is 11.1 Å². The molecule has 0 bridgehead atoms. The quantitative estimate of drug-likeness (QED) is 0.790. The zero-order valence-electron chi connectivity index (χ0n) is 11.3. The van der Waals surface area contributed by atoms with Gasteiger partial charge in [0.2, 0.25) is 5.75 Å². The molecule has 0 aliphatic heterocycles. The lowest BCUT2D eigenvalue weighted by molar-refractivity contribution is 0.196. The Morgan fingerprint density at radius 1 is 1.22 bits per heavy atom. The third kappa shape index (κ3) is 2.59. The fourth-order valence-corrected chi connectivity index (χ4v) is 1.96. The number of aliphatic hydroxyl groups excluding tert-OH is 1. The standard InChI is InChI=1S/C14H20O4/c1-6-7-10-11(9(2)15)8-12(16-3)14(18-5)13(10)17-4/h6,8-9,15H,1,7H2,2-5H3. The second kappa shape index (κ2) is 6.31. The maximum absolute atomic E-state index is 9.85. The van der Waals surface area contributed by atoms with Crippen LogP contribution in [0.2, 0.25) is 0 Å². The van der Waals surface area contributed by atoms with Gasteiger partial charge in [0.05, 0.1) is 27.4 Å². The molecule has 0 saturated carbocycles. The average molecular weight is 252 g/mol. The summed E-state index contributed by atoms with van der Waals surface area (Å²) >= 11 is 0. The molecule has 4 nitrogen and oxygen atoms in total. The molecule has 4 heteroatoms. The molecule has 1 unspecified atom stereocenters. The molecule has 0 heterocycles. The molecule has 0 aromatic heterocycles. The predicted octanol–water partition coefficient (Wildman–Crippen LogP) is 2.49. The minimum atomic E-state index is -0.617. The number of benzene rings is 1. The van der Waals surface area contributed by atoms with E-state index in [1.807, 2.05) is 0 Å². The molecule has 1 N–H and O–H groups in total. The Balaban J connectivity index is 3.57. The van der Waals surface area contributed by atoms with Crippen molar-refractivity contribution in [2.75, 3.05) is 21.3 Å². The van der Waals surface area contributed by atoms with Gasteiger partial charge in [-0.2, -0.15) is 0 Å². The third-order valence-electron chi connectivity index (χ3n) is 2.77. The molecule has 0 fully saturated rings. The molecule has 0 spiro atoms. The van der Waals surface area contributed by atoms with Crippen LogP contribution in [0.4, 0.5) is 0 Å². The Morgan fingerprint density at radius 2 is 1.83 bits per heavy atom. The minimum Gasteiger partial charge on any atom is -0.493 e. The maximum atomic E-state index is 9.85. The van der Waals surface area contributed by atoms with Crippen molar-refractivity contribution in [3.05, 3.63) is 29.8 Å². The number of rotatable bonds is 6.